The van der Waals surface area contributed by atoms with E-state index in [1.165, 1.54) is 0 Å². The highest BCUT2D eigenvalue weighted by Crippen LogP contribution is 2.25. The summed E-state index contributed by atoms with van der Waals surface area (Å²) in [6, 6.07) is 10.1. The molecule has 6 heteroatoms. The van der Waals surface area contributed by atoms with Crippen molar-refractivity contribution in [3.63, 3.8) is 0 Å². The van der Waals surface area contributed by atoms with Gasteiger partial charge in [0, 0.05) is 30.8 Å². The smallest absolute Gasteiger partial charge is 0.233 e. The van der Waals surface area contributed by atoms with E-state index in [1.807, 2.05) is 37.3 Å². The second kappa shape index (κ2) is 7.64. The second-order valence-electron chi connectivity index (χ2n) is 5.66. The number of carbonyl (C=O) groups is 1. The lowest BCUT2D eigenvalue weighted by Crippen LogP contribution is -2.34. The molecule has 0 bridgehead atoms. The molecule has 0 saturated carbocycles. The zero-order valence-electron chi connectivity index (χ0n) is 13.4. The SMILES string of the molecule is CC[C@H](Sc1ccccc1)C(=O)NCCc1nnc2n1CCC2. The van der Waals surface area contributed by atoms with Gasteiger partial charge < -0.3 is 9.88 Å². The van der Waals surface area contributed by atoms with Crippen LogP contribution in [0.1, 0.15) is 31.4 Å². The van der Waals surface area contributed by atoms with Crippen LogP contribution >= 0.6 is 11.8 Å². The number of aryl methyl sites for hydroxylation is 1. The first kappa shape index (κ1) is 16.1. The summed E-state index contributed by atoms with van der Waals surface area (Å²) in [6.07, 6.45) is 3.72. The second-order valence-corrected chi connectivity index (χ2v) is 6.93. The van der Waals surface area contributed by atoms with Crippen molar-refractivity contribution in [3.8, 4) is 0 Å². The van der Waals surface area contributed by atoms with Crippen LogP contribution in [0.3, 0.4) is 0 Å². The summed E-state index contributed by atoms with van der Waals surface area (Å²) >= 11 is 1.62. The molecule has 0 unspecified atom stereocenters. The van der Waals surface area contributed by atoms with Gasteiger partial charge in [0.1, 0.15) is 11.6 Å². The Morgan fingerprint density at radius 1 is 1.35 bits per heavy atom. The van der Waals surface area contributed by atoms with Crippen LogP contribution in [-0.4, -0.2) is 32.5 Å². The zero-order chi connectivity index (χ0) is 16.1. The van der Waals surface area contributed by atoms with Crippen LogP contribution in [0.15, 0.2) is 35.2 Å². The number of hydrogen-bond donors (Lipinski definition) is 1. The van der Waals surface area contributed by atoms with Gasteiger partial charge in [-0.15, -0.1) is 22.0 Å². The molecule has 3 rings (SSSR count). The molecule has 1 aliphatic heterocycles. The van der Waals surface area contributed by atoms with Gasteiger partial charge in [0.2, 0.25) is 5.91 Å². The highest BCUT2D eigenvalue weighted by Gasteiger charge is 2.19. The van der Waals surface area contributed by atoms with Gasteiger partial charge in [0.15, 0.2) is 0 Å². The number of nitrogens with one attached hydrogen (secondary N) is 1. The summed E-state index contributed by atoms with van der Waals surface area (Å²) in [6.45, 7) is 3.67. The molecule has 0 saturated heterocycles. The van der Waals surface area contributed by atoms with E-state index in [4.69, 9.17) is 0 Å². The Hall–Kier alpha value is -1.82. The molecule has 1 atom stereocenters. The fourth-order valence-electron chi connectivity index (χ4n) is 2.79. The number of hydrogen-bond acceptors (Lipinski definition) is 4. The molecule has 2 heterocycles. The molecule has 2 aromatic rings. The Balaban J connectivity index is 1.49. The molecule has 1 aromatic carbocycles. The van der Waals surface area contributed by atoms with E-state index in [9.17, 15) is 4.79 Å². The first-order chi connectivity index (χ1) is 11.3. The molecule has 0 aliphatic carbocycles. The van der Waals surface area contributed by atoms with Crippen molar-refractivity contribution >= 4 is 17.7 Å². The van der Waals surface area contributed by atoms with Crippen molar-refractivity contribution < 1.29 is 4.79 Å². The van der Waals surface area contributed by atoms with Crippen LogP contribution in [0.2, 0.25) is 0 Å². The molecule has 1 aromatic heterocycles. The highest BCUT2D eigenvalue weighted by atomic mass is 32.2. The molecule has 1 amide bonds. The third-order valence-corrected chi connectivity index (χ3v) is 5.39. The number of rotatable bonds is 7. The van der Waals surface area contributed by atoms with Gasteiger partial charge in [-0.2, -0.15) is 0 Å². The van der Waals surface area contributed by atoms with Crippen LogP contribution < -0.4 is 5.32 Å². The summed E-state index contributed by atoms with van der Waals surface area (Å²) in [5, 5.41) is 11.4. The number of fused-ring (bicyclic) bond motifs is 1. The van der Waals surface area contributed by atoms with Crippen molar-refractivity contribution in [2.24, 2.45) is 0 Å². The first-order valence-electron chi connectivity index (χ1n) is 8.18. The average Bonchev–Trinajstić information content (AvgIpc) is 3.18. The summed E-state index contributed by atoms with van der Waals surface area (Å²) in [5.41, 5.74) is 0. The van der Waals surface area contributed by atoms with Crippen molar-refractivity contribution in [2.45, 2.75) is 49.3 Å². The van der Waals surface area contributed by atoms with E-state index >= 15 is 0 Å². The number of carbonyl (C=O) groups excluding carboxylic acids is 1. The van der Waals surface area contributed by atoms with Crippen molar-refractivity contribution in [1.82, 2.24) is 20.1 Å². The quantitative estimate of drug-likeness (QED) is 0.792. The molecular formula is C17H22N4OS. The normalized spacial score (nSPS) is 14.5. The number of thioether (sulfide) groups is 1. The Morgan fingerprint density at radius 3 is 2.96 bits per heavy atom. The van der Waals surface area contributed by atoms with E-state index in [0.29, 0.717) is 6.54 Å². The van der Waals surface area contributed by atoms with Gasteiger partial charge in [-0.3, -0.25) is 4.79 Å². The molecule has 0 spiro atoms. The summed E-state index contributed by atoms with van der Waals surface area (Å²) < 4.78 is 2.18. The van der Waals surface area contributed by atoms with E-state index < -0.39 is 0 Å². The minimum absolute atomic E-state index is 0.0542. The number of amides is 1. The molecule has 122 valence electrons. The zero-order valence-corrected chi connectivity index (χ0v) is 14.2. The highest BCUT2D eigenvalue weighted by molar-refractivity contribution is 8.00. The predicted molar refractivity (Wildman–Crippen MR) is 91.4 cm³/mol. The van der Waals surface area contributed by atoms with Gasteiger partial charge in [0.05, 0.1) is 5.25 Å². The molecular weight excluding hydrogens is 308 g/mol. The molecule has 0 radical (unpaired) electrons. The lowest BCUT2D eigenvalue weighted by molar-refractivity contribution is -0.120. The number of aromatic nitrogens is 3. The molecule has 1 aliphatic rings. The lowest BCUT2D eigenvalue weighted by atomic mass is 10.3. The van der Waals surface area contributed by atoms with Gasteiger partial charge in [0.25, 0.3) is 0 Å². The van der Waals surface area contributed by atoms with Gasteiger partial charge >= 0.3 is 0 Å². The Labute approximate surface area is 140 Å². The summed E-state index contributed by atoms with van der Waals surface area (Å²) in [5.74, 6) is 2.17. The number of benzene rings is 1. The van der Waals surface area contributed by atoms with E-state index in [0.717, 1.165) is 48.8 Å². The number of nitrogens with zero attached hydrogens (tertiary/aromatic N) is 3. The standard InChI is InChI=1S/C17H22N4OS/c1-2-14(23-13-7-4-3-5-8-13)17(22)18-11-10-16-20-19-15-9-6-12-21(15)16/h3-5,7-8,14H,2,6,9-12H2,1H3,(H,18,22)/t14-/m0/s1. The molecule has 5 nitrogen and oxygen atoms in total. The maximum atomic E-state index is 12.4. The fourth-order valence-corrected chi connectivity index (χ4v) is 3.79. The third kappa shape index (κ3) is 3.93. The van der Waals surface area contributed by atoms with Crippen LogP contribution in [0.25, 0.3) is 0 Å². The van der Waals surface area contributed by atoms with E-state index in [-0.39, 0.29) is 11.2 Å². The van der Waals surface area contributed by atoms with Crippen LogP contribution in [0.4, 0.5) is 0 Å². The van der Waals surface area contributed by atoms with Crippen molar-refractivity contribution in [3.05, 3.63) is 42.0 Å². The first-order valence-corrected chi connectivity index (χ1v) is 9.06. The lowest BCUT2D eigenvalue weighted by Gasteiger charge is -2.14. The average molecular weight is 330 g/mol. The van der Waals surface area contributed by atoms with Gasteiger partial charge in [-0.1, -0.05) is 25.1 Å². The topological polar surface area (TPSA) is 59.8 Å². The largest absolute Gasteiger partial charge is 0.355 e. The monoisotopic (exact) mass is 330 g/mol. The third-order valence-electron chi connectivity index (χ3n) is 4.02. The molecule has 0 fully saturated rings. The summed E-state index contributed by atoms with van der Waals surface area (Å²) in [7, 11) is 0. The van der Waals surface area contributed by atoms with Gasteiger partial charge in [-0.05, 0) is 25.0 Å². The minimum atomic E-state index is -0.0542. The molecule has 1 N–H and O–H groups in total. The minimum Gasteiger partial charge on any atom is -0.355 e. The summed E-state index contributed by atoms with van der Waals surface area (Å²) in [4.78, 5) is 13.5. The maximum Gasteiger partial charge on any atom is 0.233 e. The van der Waals surface area contributed by atoms with E-state index in [2.05, 4.69) is 20.1 Å². The predicted octanol–water partition coefficient (Wildman–Crippen LogP) is 2.45. The Bertz CT molecular complexity index is 656. The van der Waals surface area contributed by atoms with Crippen molar-refractivity contribution in [2.75, 3.05) is 6.54 Å². The van der Waals surface area contributed by atoms with Crippen LogP contribution in [-0.2, 0) is 24.2 Å². The van der Waals surface area contributed by atoms with Crippen LogP contribution in [0, 0.1) is 0 Å². The van der Waals surface area contributed by atoms with E-state index in [1.54, 1.807) is 11.8 Å². The fraction of sp³-hybridized carbons (Fsp3) is 0.471. The Morgan fingerprint density at radius 2 is 2.17 bits per heavy atom. The van der Waals surface area contributed by atoms with Gasteiger partial charge in [-0.25, -0.2) is 0 Å². The Kier molecular flexibility index (Phi) is 5.33. The maximum absolute atomic E-state index is 12.4. The molecule has 23 heavy (non-hydrogen) atoms. The van der Waals surface area contributed by atoms with Crippen LogP contribution in [0.5, 0.6) is 0 Å². The van der Waals surface area contributed by atoms with Crippen molar-refractivity contribution in [1.29, 1.82) is 0 Å².